The normalized spacial score (nSPS) is 16.6. The van der Waals surface area contributed by atoms with Crippen LogP contribution in [0.4, 0.5) is 0 Å². The van der Waals surface area contributed by atoms with Crippen LogP contribution in [0.5, 0.6) is 0 Å². The van der Waals surface area contributed by atoms with Gasteiger partial charge in [0, 0.05) is 4.88 Å². The Hall–Kier alpha value is -0.870. The van der Waals surface area contributed by atoms with Gasteiger partial charge in [-0.25, -0.2) is 0 Å². The number of carbonyl (C=O) groups is 1. The number of amides is 1. The minimum Gasteiger partial charge on any atom is -0.394 e. The fraction of sp³-hybridized carbons (Fsp3) is 0.643. The highest BCUT2D eigenvalue weighted by Crippen LogP contribution is 2.35. The largest absolute Gasteiger partial charge is 0.394 e. The SMILES string of the molecule is CCCc1sc(C(=O)NC2(CO)CC2)cc1CC. The van der Waals surface area contributed by atoms with E-state index in [4.69, 9.17) is 0 Å². The summed E-state index contributed by atoms with van der Waals surface area (Å²) >= 11 is 1.60. The number of rotatable bonds is 6. The van der Waals surface area contributed by atoms with E-state index in [9.17, 15) is 9.90 Å². The molecular formula is C14H21NO2S. The van der Waals surface area contributed by atoms with E-state index in [1.54, 1.807) is 11.3 Å². The van der Waals surface area contributed by atoms with Crippen LogP contribution in [0.15, 0.2) is 6.07 Å². The highest BCUT2D eigenvalue weighted by atomic mass is 32.1. The lowest BCUT2D eigenvalue weighted by atomic mass is 10.1. The van der Waals surface area contributed by atoms with Crippen molar-refractivity contribution in [3.8, 4) is 0 Å². The van der Waals surface area contributed by atoms with Crippen molar-refractivity contribution in [2.24, 2.45) is 0 Å². The molecule has 1 saturated carbocycles. The van der Waals surface area contributed by atoms with Gasteiger partial charge in [0.1, 0.15) is 0 Å². The molecule has 0 atom stereocenters. The van der Waals surface area contributed by atoms with Crippen molar-refractivity contribution in [1.29, 1.82) is 0 Å². The van der Waals surface area contributed by atoms with Crippen LogP contribution in [0.2, 0.25) is 0 Å². The van der Waals surface area contributed by atoms with E-state index >= 15 is 0 Å². The van der Waals surface area contributed by atoms with Crippen LogP contribution >= 0.6 is 11.3 Å². The van der Waals surface area contributed by atoms with Crippen molar-refractivity contribution < 1.29 is 9.90 Å². The van der Waals surface area contributed by atoms with Gasteiger partial charge in [-0.15, -0.1) is 11.3 Å². The standard InChI is InChI=1S/C14H21NO2S/c1-3-5-11-10(4-2)8-12(18-11)13(17)15-14(9-16)6-7-14/h8,16H,3-7,9H2,1-2H3,(H,15,17). The van der Waals surface area contributed by atoms with Crippen LogP contribution in [0.3, 0.4) is 0 Å². The maximum Gasteiger partial charge on any atom is 0.261 e. The van der Waals surface area contributed by atoms with Crippen LogP contribution in [0.1, 0.15) is 53.2 Å². The number of hydrogen-bond acceptors (Lipinski definition) is 3. The Balaban J connectivity index is 2.10. The van der Waals surface area contributed by atoms with Gasteiger partial charge >= 0.3 is 0 Å². The Bertz CT molecular complexity index is 435. The summed E-state index contributed by atoms with van der Waals surface area (Å²) in [7, 11) is 0. The third-order valence-electron chi connectivity index (χ3n) is 3.51. The van der Waals surface area contributed by atoms with Gasteiger partial charge < -0.3 is 10.4 Å². The highest BCUT2D eigenvalue weighted by Gasteiger charge is 2.43. The number of aliphatic hydroxyl groups excluding tert-OH is 1. The molecule has 3 nitrogen and oxygen atoms in total. The average Bonchev–Trinajstić information content (AvgIpc) is 3.02. The van der Waals surface area contributed by atoms with E-state index in [1.807, 2.05) is 6.07 Å². The summed E-state index contributed by atoms with van der Waals surface area (Å²) in [6.45, 7) is 4.33. The van der Waals surface area contributed by atoms with E-state index in [2.05, 4.69) is 19.2 Å². The van der Waals surface area contributed by atoms with Gasteiger partial charge in [-0.2, -0.15) is 0 Å². The summed E-state index contributed by atoms with van der Waals surface area (Å²) in [4.78, 5) is 14.3. The predicted molar refractivity (Wildman–Crippen MR) is 74.2 cm³/mol. The van der Waals surface area contributed by atoms with Gasteiger partial charge in [-0.05, 0) is 37.3 Å². The van der Waals surface area contributed by atoms with Crippen molar-refractivity contribution in [2.45, 2.75) is 51.5 Å². The zero-order valence-corrected chi connectivity index (χ0v) is 11.9. The predicted octanol–water partition coefficient (Wildman–Crippen LogP) is 2.52. The summed E-state index contributed by atoms with van der Waals surface area (Å²) in [5, 5.41) is 12.2. The molecule has 0 aromatic carbocycles. The van der Waals surface area contributed by atoms with Gasteiger partial charge in [-0.1, -0.05) is 20.3 Å². The maximum absolute atomic E-state index is 12.1. The second-order valence-electron chi connectivity index (χ2n) is 5.06. The second-order valence-corrected chi connectivity index (χ2v) is 6.19. The number of thiophene rings is 1. The molecule has 0 aliphatic heterocycles. The maximum atomic E-state index is 12.1. The van der Waals surface area contributed by atoms with Gasteiger partial charge in [0.25, 0.3) is 5.91 Å². The Morgan fingerprint density at radius 3 is 2.72 bits per heavy atom. The Morgan fingerprint density at radius 1 is 1.50 bits per heavy atom. The Morgan fingerprint density at radius 2 is 2.22 bits per heavy atom. The summed E-state index contributed by atoms with van der Waals surface area (Å²) in [5.41, 5.74) is 0.971. The van der Waals surface area contributed by atoms with Crippen molar-refractivity contribution in [3.05, 3.63) is 21.4 Å². The van der Waals surface area contributed by atoms with Crippen LogP contribution in [0, 0.1) is 0 Å². The monoisotopic (exact) mass is 267 g/mol. The Kier molecular flexibility index (Phi) is 4.07. The van der Waals surface area contributed by atoms with Crippen molar-refractivity contribution in [2.75, 3.05) is 6.61 Å². The van der Waals surface area contributed by atoms with Crippen LogP contribution in [-0.4, -0.2) is 23.2 Å². The first-order valence-corrected chi connectivity index (χ1v) is 7.50. The third kappa shape index (κ3) is 2.75. The zero-order chi connectivity index (χ0) is 13.2. The molecule has 100 valence electrons. The molecule has 4 heteroatoms. The van der Waals surface area contributed by atoms with E-state index in [1.165, 1.54) is 10.4 Å². The van der Waals surface area contributed by atoms with E-state index < -0.39 is 0 Å². The molecular weight excluding hydrogens is 246 g/mol. The lowest BCUT2D eigenvalue weighted by molar-refractivity contribution is 0.0911. The summed E-state index contributed by atoms with van der Waals surface area (Å²) in [6.07, 6.45) is 4.91. The molecule has 0 spiro atoms. The number of carbonyl (C=O) groups excluding carboxylic acids is 1. The molecule has 2 N–H and O–H groups in total. The third-order valence-corrected chi connectivity index (χ3v) is 4.75. The molecule has 1 amide bonds. The van der Waals surface area contributed by atoms with E-state index in [0.29, 0.717) is 0 Å². The fourth-order valence-electron chi connectivity index (χ4n) is 2.09. The first-order valence-electron chi connectivity index (χ1n) is 6.69. The summed E-state index contributed by atoms with van der Waals surface area (Å²) in [6, 6.07) is 2.01. The quantitative estimate of drug-likeness (QED) is 0.832. The smallest absolute Gasteiger partial charge is 0.261 e. The Labute approximate surface area is 112 Å². The fourth-order valence-corrected chi connectivity index (χ4v) is 3.34. The molecule has 1 aromatic heterocycles. The average molecular weight is 267 g/mol. The molecule has 1 heterocycles. The summed E-state index contributed by atoms with van der Waals surface area (Å²) < 4.78 is 0. The molecule has 1 aliphatic rings. The van der Waals surface area contributed by atoms with Crippen molar-refractivity contribution >= 4 is 17.2 Å². The van der Waals surface area contributed by atoms with Crippen LogP contribution in [0.25, 0.3) is 0 Å². The number of aliphatic hydroxyl groups is 1. The van der Waals surface area contributed by atoms with Crippen molar-refractivity contribution in [1.82, 2.24) is 5.32 Å². The van der Waals surface area contributed by atoms with Crippen molar-refractivity contribution in [3.63, 3.8) is 0 Å². The highest BCUT2D eigenvalue weighted by molar-refractivity contribution is 7.14. The van der Waals surface area contributed by atoms with Gasteiger partial charge in [0.2, 0.25) is 0 Å². The van der Waals surface area contributed by atoms with Crippen LogP contribution in [-0.2, 0) is 12.8 Å². The topological polar surface area (TPSA) is 49.3 Å². The first kappa shape index (κ1) is 13.6. The number of aryl methyl sites for hydroxylation is 2. The molecule has 1 aromatic rings. The lowest BCUT2D eigenvalue weighted by Gasteiger charge is -2.12. The molecule has 2 rings (SSSR count). The van der Waals surface area contributed by atoms with Crippen LogP contribution < -0.4 is 5.32 Å². The lowest BCUT2D eigenvalue weighted by Crippen LogP contribution is -2.39. The molecule has 0 unspecified atom stereocenters. The van der Waals surface area contributed by atoms with Gasteiger partial charge in [-0.3, -0.25) is 4.79 Å². The second kappa shape index (κ2) is 5.41. The molecule has 0 bridgehead atoms. The molecule has 18 heavy (non-hydrogen) atoms. The summed E-state index contributed by atoms with van der Waals surface area (Å²) in [5.74, 6) is -0.0244. The minimum atomic E-state index is -0.321. The minimum absolute atomic E-state index is 0.0244. The van der Waals surface area contributed by atoms with Gasteiger partial charge in [0.05, 0.1) is 17.0 Å². The molecule has 1 fully saturated rings. The van der Waals surface area contributed by atoms with E-state index in [0.717, 1.165) is 37.0 Å². The number of hydrogen-bond donors (Lipinski definition) is 2. The molecule has 0 saturated heterocycles. The number of nitrogens with one attached hydrogen (secondary N) is 1. The molecule has 1 aliphatic carbocycles. The van der Waals surface area contributed by atoms with E-state index in [-0.39, 0.29) is 18.1 Å². The molecule has 0 radical (unpaired) electrons. The first-order chi connectivity index (χ1) is 8.64. The zero-order valence-electron chi connectivity index (χ0n) is 11.1. The van der Waals surface area contributed by atoms with Gasteiger partial charge in [0.15, 0.2) is 0 Å².